The molecule has 1 N–H and O–H groups in total. The third kappa shape index (κ3) is 3.14. The Labute approximate surface area is 121 Å². The van der Waals surface area contributed by atoms with Crippen molar-refractivity contribution >= 4 is 34.0 Å². The zero-order valence-electron chi connectivity index (χ0n) is 11.1. The molecule has 0 saturated carbocycles. The molecule has 0 fully saturated rings. The first-order chi connectivity index (χ1) is 9.01. The van der Waals surface area contributed by atoms with Crippen molar-refractivity contribution < 1.29 is 4.79 Å². The predicted octanol–water partition coefficient (Wildman–Crippen LogP) is 3.91. The average Bonchev–Trinajstić information content (AvgIpc) is 2.75. The molecule has 2 aromatic rings. The second kappa shape index (κ2) is 5.72. The molecule has 0 aliphatic carbocycles. The molecule has 0 atom stereocenters. The Balaban J connectivity index is 2.36. The van der Waals surface area contributed by atoms with Crippen molar-refractivity contribution in [3.05, 3.63) is 34.2 Å². The first-order valence-corrected chi connectivity index (χ1v) is 7.32. The van der Waals surface area contributed by atoms with Crippen LogP contribution >= 0.6 is 22.9 Å². The molecule has 0 spiro atoms. The Morgan fingerprint density at radius 3 is 2.53 bits per heavy atom. The van der Waals surface area contributed by atoms with E-state index in [1.54, 1.807) is 0 Å². The van der Waals surface area contributed by atoms with Gasteiger partial charge in [0.25, 0.3) is 0 Å². The average molecular weight is 295 g/mol. The number of benzene rings is 1. The highest BCUT2D eigenvalue weighted by Crippen LogP contribution is 2.30. The zero-order valence-corrected chi connectivity index (χ0v) is 12.7. The highest BCUT2D eigenvalue weighted by Gasteiger charge is 2.11. The standard InChI is InChI=1S/C14H15ClN2OS/c1-8-4-9(2)13(10(3)5-8)11-7-19-14(16-11)17-12(18)6-15/h4-5,7H,6H2,1-3H3,(H,16,17,18). The first kappa shape index (κ1) is 14.0. The SMILES string of the molecule is Cc1cc(C)c(-c2csc(NC(=O)CCl)n2)c(C)c1. The number of hydrogen-bond donors (Lipinski definition) is 1. The topological polar surface area (TPSA) is 42.0 Å². The quantitative estimate of drug-likeness (QED) is 0.872. The van der Waals surface area contributed by atoms with E-state index in [1.165, 1.54) is 28.0 Å². The number of hydrogen-bond acceptors (Lipinski definition) is 3. The molecule has 5 heteroatoms. The van der Waals surface area contributed by atoms with E-state index in [9.17, 15) is 4.79 Å². The van der Waals surface area contributed by atoms with Crippen LogP contribution in [-0.4, -0.2) is 16.8 Å². The molecule has 1 amide bonds. The molecule has 19 heavy (non-hydrogen) atoms. The second-order valence-electron chi connectivity index (χ2n) is 4.49. The smallest absolute Gasteiger partial charge is 0.241 e. The van der Waals surface area contributed by atoms with Crippen molar-refractivity contribution in [1.82, 2.24) is 4.98 Å². The highest BCUT2D eigenvalue weighted by molar-refractivity contribution is 7.14. The van der Waals surface area contributed by atoms with Gasteiger partial charge in [0.2, 0.25) is 5.91 Å². The zero-order chi connectivity index (χ0) is 14.0. The van der Waals surface area contributed by atoms with E-state index < -0.39 is 0 Å². The largest absolute Gasteiger partial charge is 0.301 e. The lowest BCUT2D eigenvalue weighted by molar-refractivity contribution is -0.113. The normalized spacial score (nSPS) is 10.5. The van der Waals surface area contributed by atoms with Crippen molar-refractivity contribution in [1.29, 1.82) is 0 Å². The molecular weight excluding hydrogens is 280 g/mol. The summed E-state index contributed by atoms with van der Waals surface area (Å²) in [6, 6.07) is 4.28. The molecular formula is C14H15ClN2OS. The van der Waals surface area contributed by atoms with Gasteiger partial charge in [0, 0.05) is 10.9 Å². The number of aromatic nitrogens is 1. The van der Waals surface area contributed by atoms with Crippen LogP contribution in [0.15, 0.2) is 17.5 Å². The summed E-state index contributed by atoms with van der Waals surface area (Å²) in [5, 5.41) is 5.20. The van der Waals surface area contributed by atoms with Crippen molar-refractivity contribution in [3.8, 4) is 11.3 Å². The van der Waals surface area contributed by atoms with E-state index in [-0.39, 0.29) is 11.8 Å². The first-order valence-electron chi connectivity index (χ1n) is 5.91. The number of anilines is 1. The summed E-state index contributed by atoms with van der Waals surface area (Å²) in [5.41, 5.74) is 5.65. The molecule has 0 saturated heterocycles. The summed E-state index contributed by atoms with van der Waals surface area (Å²) >= 11 is 6.87. The fraction of sp³-hybridized carbons (Fsp3) is 0.286. The van der Waals surface area contributed by atoms with Crippen molar-refractivity contribution in [2.24, 2.45) is 0 Å². The number of nitrogens with one attached hydrogen (secondary N) is 1. The van der Waals surface area contributed by atoms with E-state index in [0.717, 1.165) is 11.3 Å². The predicted molar refractivity (Wildman–Crippen MR) is 81.1 cm³/mol. The molecule has 0 bridgehead atoms. The molecule has 1 aromatic carbocycles. The van der Waals surface area contributed by atoms with Gasteiger partial charge in [-0.15, -0.1) is 22.9 Å². The Kier molecular flexibility index (Phi) is 4.22. The van der Waals surface area contributed by atoms with Crippen LogP contribution in [0.25, 0.3) is 11.3 Å². The van der Waals surface area contributed by atoms with Crippen molar-refractivity contribution in [2.75, 3.05) is 11.2 Å². The number of nitrogens with zero attached hydrogens (tertiary/aromatic N) is 1. The van der Waals surface area contributed by atoms with Crippen LogP contribution in [0.3, 0.4) is 0 Å². The maximum absolute atomic E-state index is 11.2. The minimum absolute atomic E-state index is 0.0580. The number of carbonyl (C=O) groups excluding carboxylic acids is 1. The van der Waals surface area contributed by atoms with Crippen LogP contribution < -0.4 is 5.32 Å². The fourth-order valence-electron chi connectivity index (χ4n) is 2.18. The van der Waals surface area contributed by atoms with Crippen LogP contribution in [0.1, 0.15) is 16.7 Å². The third-order valence-electron chi connectivity index (χ3n) is 2.81. The third-order valence-corrected chi connectivity index (χ3v) is 3.81. The van der Waals surface area contributed by atoms with Gasteiger partial charge >= 0.3 is 0 Å². The Morgan fingerprint density at radius 2 is 1.95 bits per heavy atom. The van der Waals surface area contributed by atoms with Crippen LogP contribution in [0.2, 0.25) is 0 Å². The molecule has 100 valence electrons. The molecule has 3 nitrogen and oxygen atoms in total. The second-order valence-corrected chi connectivity index (χ2v) is 5.62. The van der Waals surface area contributed by atoms with Crippen LogP contribution in [0.4, 0.5) is 5.13 Å². The maximum Gasteiger partial charge on any atom is 0.241 e. The number of rotatable bonds is 3. The van der Waals surface area contributed by atoms with Gasteiger partial charge in [0.15, 0.2) is 5.13 Å². The van der Waals surface area contributed by atoms with E-state index in [2.05, 4.69) is 43.2 Å². The number of halogens is 1. The Hall–Kier alpha value is -1.39. The number of thiazole rings is 1. The summed E-state index contributed by atoms with van der Waals surface area (Å²) in [6.45, 7) is 6.23. The molecule has 0 aliphatic heterocycles. The van der Waals surface area contributed by atoms with Gasteiger partial charge in [-0.2, -0.15) is 0 Å². The van der Waals surface area contributed by atoms with E-state index in [0.29, 0.717) is 5.13 Å². The summed E-state index contributed by atoms with van der Waals surface area (Å²) in [6.07, 6.45) is 0. The highest BCUT2D eigenvalue weighted by atomic mass is 35.5. The molecule has 0 radical (unpaired) electrons. The molecule has 0 unspecified atom stereocenters. The summed E-state index contributed by atoms with van der Waals surface area (Å²) in [7, 11) is 0. The van der Waals surface area contributed by atoms with Gasteiger partial charge < -0.3 is 5.32 Å². The lowest BCUT2D eigenvalue weighted by Crippen LogP contribution is -2.12. The van der Waals surface area contributed by atoms with Gasteiger partial charge in [-0.3, -0.25) is 4.79 Å². The number of alkyl halides is 1. The summed E-state index contributed by atoms with van der Waals surface area (Å²) in [5.74, 6) is -0.294. The van der Waals surface area contributed by atoms with Gasteiger partial charge in [0.05, 0.1) is 5.69 Å². The van der Waals surface area contributed by atoms with E-state index >= 15 is 0 Å². The molecule has 1 heterocycles. The van der Waals surface area contributed by atoms with E-state index in [4.69, 9.17) is 11.6 Å². The van der Waals surface area contributed by atoms with Crippen molar-refractivity contribution in [2.45, 2.75) is 20.8 Å². The number of aryl methyl sites for hydroxylation is 3. The summed E-state index contributed by atoms with van der Waals surface area (Å²) < 4.78 is 0. The van der Waals surface area contributed by atoms with Gasteiger partial charge in [0.1, 0.15) is 5.88 Å². The summed E-state index contributed by atoms with van der Waals surface area (Å²) in [4.78, 5) is 15.7. The number of amides is 1. The van der Waals surface area contributed by atoms with Gasteiger partial charge in [-0.05, 0) is 31.9 Å². The van der Waals surface area contributed by atoms with Crippen LogP contribution in [0, 0.1) is 20.8 Å². The van der Waals surface area contributed by atoms with Crippen LogP contribution in [-0.2, 0) is 4.79 Å². The molecule has 0 aliphatic rings. The lowest BCUT2D eigenvalue weighted by Gasteiger charge is -2.08. The lowest BCUT2D eigenvalue weighted by atomic mass is 9.98. The van der Waals surface area contributed by atoms with Crippen LogP contribution in [0.5, 0.6) is 0 Å². The van der Waals surface area contributed by atoms with E-state index in [1.807, 2.05) is 5.38 Å². The monoisotopic (exact) mass is 294 g/mol. The number of carbonyl (C=O) groups is 1. The Bertz CT molecular complexity index is 599. The van der Waals surface area contributed by atoms with Crippen molar-refractivity contribution in [3.63, 3.8) is 0 Å². The van der Waals surface area contributed by atoms with Gasteiger partial charge in [-0.1, -0.05) is 17.7 Å². The molecule has 1 aromatic heterocycles. The minimum Gasteiger partial charge on any atom is -0.301 e. The van der Waals surface area contributed by atoms with Gasteiger partial charge in [-0.25, -0.2) is 4.98 Å². The fourth-order valence-corrected chi connectivity index (χ4v) is 2.97. The molecule has 2 rings (SSSR count). The maximum atomic E-state index is 11.2. The Morgan fingerprint density at radius 1 is 1.32 bits per heavy atom. The minimum atomic E-state index is -0.236.